The van der Waals surface area contributed by atoms with E-state index in [9.17, 15) is 13.6 Å². The highest BCUT2D eigenvalue weighted by atomic mass is 32.2. The molecule has 1 aliphatic rings. The Bertz CT molecular complexity index is 954. The molecule has 3 aromatic carbocycles. The zero-order valence-corrected chi connectivity index (χ0v) is 14.1. The number of hydrogen-bond donors (Lipinski definition) is 0. The van der Waals surface area contributed by atoms with Crippen LogP contribution in [0.1, 0.15) is 21.3 Å². The molecule has 1 saturated heterocycles. The standard InChI is InChI=1S/C20H15F2NOS/c21-14-8-9-17(18(22)12-14)20-23(10-11-25-20)19(24)16-7-3-5-13-4-1-2-6-15(13)16/h1-9,12,20H,10-11H2/t20-/m1/s1. The van der Waals surface area contributed by atoms with Crippen LogP contribution in [0, 0.1) is 11.6 Å². The lowest BCUT2D eigenvalue weighted by Crippen LogP contribution is -2.31. The minimum atomic E-state index is -0.616. The summed E-state index contributed by atoms with van der Waals surface area (Å²) in [5.74, 6) is -0.639. The van der Waals surface area contributed by atoms with Gasteiger partial charge in [0.2, 0.25) is 0 Å². The lowest BCUT2D eigenvalue weighted by molar-refractivity contribution is 0.0761. The van der Waals surface area contributed by atoms with Crippen molar-refractivity contribution in [2.75, 3.05) is 12.3 Å². The molecule has 126 valence electrons. The summed E-state index contributed by atoms with van der Waals surface area (Å²) in [6.45, 7) is 0.536. The fourth-order valence-electron chi connectivity index (χ4n) is 3.20. The number of carbonyl (C=O) groups is 1. The van der Waals surface area contributed by atoms with Gasteiger partial charge in [0.25, 0.3) is 5.91 Å². The average Bonchev–Trinajstić information content (AvgIpc) is 3.10. The zero-order chi connectivity index (χ0) is 17.4. The van der Waals surface area contributed by atoms with Crippen LogP contribution in [-0.4, -0.2) is 23.1 Å². The molecule has 0 unspecified atom stereocenters. The minimum absolute atomic E-state index is 0.129. The molecular weight excluding hydrogens is 340 g/mol. The van der Waals surface area contributed by atoms with Crippen molar-refractivity contribution < 1.29 is 13.6 Å². The van der Waals surface area contributed by atoms with E-state index >= 15 is 0 Å². The number of amides is 1. The number of rotatable bonds is 2. The van der Waals surface area contributed by atoms with Gasteiger partial charge in [0.05, 0.1) is 0 Å². The molecule has 0 spiro atoms. The third-order valence-corrected chi connectivity index (χ3v) is 5.64. The van der Waals surface area contributed by atoms with Gasteiger partial charge < -0.3 is 4.90 Å². The highest BCUT2D eigenvalue weighted by Crippen LogP contribution is 2.40. The molecule has 3 aromatic rings. The predicted molar refractivity (Wildman–Crippen MR) is 96.5 cm³/mol. The van der Waals surface area contributed by atoms with Crippen LogP contribution >= 0.6 is 11.8 Å². The molecule has 1 heterocycles. The normalized spacial score (nSPS) is 17.2. The Hall–Kier alpha value is -2.40. The highest BCUT2D eigenvalue weighted by molar-refractivity contribution is 7.99. The lowest BCUT2D eigenvalue weighted by atomic mass is 10.0. The summed E-state index contributed by atoms with van der Waals surface area (Å²) >= 11 is 1.49. The summed E-state index contributed by atoms with van der Waals surface area (Å²) in [6.07, 6.45) is 0. The quantitative estimate of drug-likeness (QED) is 0.644. The van der Waals surface area contributed by atoms with E-state index in [1.165, 1.54) is 23.9 Å². The van der Waals surface area contributed by atoms with Gasteiger partial charge in [-0.3, -0.25) is 4.79 Å². The highest BCUT2D eigenvalue weighted by Gasteiger charge is 2.33. The molecule has 1 fully saturated rings. The van der Waals surface area contributed by atoms with E-state index in [1.807, 2.05) is 36.4 Å². The number of nitrogens with zero attached hydrogens (tertiary/aromatic N) is 1. The van der Waals surface area contributed by atoms with E-state index in [0.717, 1.165) is 22.6 Å². The van der Waals surface area contributed by atoms with Crippen molar-refractivity contribution in [2.45, 2.75) is 5.37 Å². The summed E-state index contributed by atoms with van der Waals surface area (Å²) in [6, 6.07) is 16.8. The largest absolute Gasteiger partial charge is 0.322 e. The van der Waals surface area contributed by atoms with Crippen molar-refractivity contribution in [2.24, 2.45) is 0 Å². The molecule has 0 bridgehead atoms. The lowest BCUT2D eigenvalue weighted by Gasteiger charge is -2.25. The average molecular weight is 355 g/mol. The van der Waals surface area contributed by atoms with E-state index in [-0.39, 0.29) is 5.91 Å². The SMILES string of the molecule is O=C(c1cccc2ccccc12)N1CCS[C@@H]1c1ccc(F)cc1F. The van der Waals surface area contributed by atoms with Gasteiger partial charge in [-0.25, -0.2) is 8.78 Å². The molecule has 1 aliphatic heterocycles. The summed E-state index contributed by atoms with van der Waals surface area (Å²) in [7, 11) is 0. The van der Waals surface area contributed by atoms with Gasteiger partial charge in [-0.05, 0) is 22.9 Å². The van der Waals surface area contributed by atoms with E-state index < -0.39 is 17.0 Å². The molecule has 1 amide bonds. The van der Waals surface area contributed by atoms with Gasteiger partial charge in [0, 0.05) is 29.5 Å². The number of halogens is 2. The number of carbonyl (C=O) groups excluding carboxylic acids is 1. The first-order valence-corrected chi connectivity index (χ1v) is 9.05. The third-order valence-electron chi connectivity index (χ3n) is 4.40. The van der Waals surface area contributed by atoms with Gasteiger partial charge in [0.15, 0.2) is 0 Å². The van der Waals surface area contributed by atoms with Crippen molar-refractivity contribution in [1.82, 2.24) is 4.90 Å². The van der Waals surface area contributed by atoms with Crippen molar-refractivity contribution in [3.63, 3.8) is 0 Å². The Kier molecular flexibility index (Phi) is 4.17. The molecular formula is C20H15F2NOS. The molecule has 4 rings (SSSR count). The van der Waals surface area contributed by atoms with Crippen molar-refractivity contribution >= 4 is 28.4 Å². The maximum absolute atomic E-state index is 14.2. The molecule has 5 heteroatoms. The van der Waals surface area contributed by atoms with E-state index in [0.29, 0.717) is 17.7 Å². The van der Waals surface area contributed by atoms with Gasteiger partial charge in [-0.1, -0.05) is 42.5 Å². The number of thioether (sulfide) groups is 1. The maximum Gasteiger partial charge on any atom is 0.255 e. The predicted octanol–water partition coefficient (Wildman–Crippen LogP) is 5.01. The van der Waals surface area contributed by atoms with E-state index in [1.54, 1.807) is 11.0 Å². The molecule has 1 atom stereocenters. The van der Waals surface area contributed by atoms with Gasteiger partial charge in [0.1, 0.15) is 17.0 Å². The van der Waals surface area contributed by atoms with Crippen LogP contribution < -0.4 is 0 Å². The minimum Gasteiger partial charge on any atom is -0.322 e. The van der Waals surface area contributed by atoms with Crippen molar-refractivity contribution in [3.8, 4) is 0 Å². The Morgan fingerprint density at radius 3 is 2.68 bits per heavy atom. The molecule has 0 saturated carbocycles. The monoisotopic (exact) mass is 355 g/mol. The van der Waals surface area contributed by atoms with Crippen LogP contribution in [0.3, 0.4) is 0 Å². The topological polar surface area (TPSA) is 20.3 Å². The molecule has 0 N–H and O–H groups in total. The first-order chi connectivity index (χ1) is 12.1. The maximum atomic E-state index is 14.2. The molecule has 0 radical (unpaired) electrons. The fourth-order valence-corrected chi connectivity index (χ4v) is 4.48. The number of hydrogen-bond acceptors (Lipinski definition) is 2. The number of benzene rings is 3. The summed E-state index contributed by atoms with van der Waals surface area (Å²) < 4.78 is 27.4. The molecule has 25 heavy (non-hydrogen) atoms. The van der Waals surface area contributed by atoms with Crippen LogP contribution in [-0.2, 0) is 0 Å². The van der Waals surface area contributed by atoms with Crippen LogP contribution in [0.4, 0.5) is 8.78 Å². The Balaban J connectivity index is 1.73. The second-order valence-corrected chi connectivity index (χ2v) is 7.10. The summed E-state index contributed by atoms with van der Waals surface area (Å²) in [5.41, 5.74) is 0.950. The second-order valence-electron chi connectivity index (χ2n) is 5.91. The van der Waals surface area contributed by atoms with Gasteiger partial charge in [-0.2, -0.15) is 0 Å². The van der Waals surface area contributed by atoms with Crippen LogP contribution in [0.25, 0.3) is 10.8 Å². The smallest absolute Gasteiger partial charge is 0.255 e. The van der Waals surface area contributed by atoms with Crippen LogP contribution in [0.2, 0.25) is 0 Å². The summed E-state index contributed by atoms with van der Waals surface area (Å²) in [5, 5.41) is 1.43. The Morgan fingerprint density at radius 1 is 1.04 bits per heavy atom. The van der Waals surface area contributed by atoms with Gasteiger partial charge in [-0.15, -0.1) is 11.8 Å². The Morgan fingerprint density at radius 2 is 1.84 bits per heavy atom. The molecule has 0 aromatic heterocycles. The van der Waals surface area contributed by atoms with E-state index in [4.69, 9.17) is 0 Å². The first-order valence-electron chi connectivity index (χ1n) is 8.00. The van der Waals surface area contributed by atoms with Crippen molar-refractivity contribution in [3.05, 3.63) is 83.4 Å². The van der Waals surface area contributed by atoms with Crippen LogP contribution in [0.15, 0.2) is 60.7 Å². The molecule has 2 nitrogen and oxygen atoms in total. The van der Waals surface area contributed by atoms with Gasteiger partial charge >= 0.3 is 0 Å². The summed E-state index contributed by atoms with van der Waals surface area (Å²) in [4.78, 5) is 14.8. The van der Waals surface area contributed by atoms with E-state index in [2.05, 4.69) is 0 Å². The Labute approximate surface area is 148 Å². The third kappa shape index (κ3) is 2.89. The second kappa shape index (κ2) is 6.48. The van der Waals surface area contributed by atoms with Crippen LogP contribution in [0.5, 0.6) is 0 Å². The zero-order valence-electron chi connectivity index (χ0n) is 13.3. The fraction of sp³-hybridized carbons (Fsp3) is 0.150. The number of fused-ring (bicyclic) bond motifs is 1. The van der Waals surface area contributed by atoms with Crippen molar-refractivity contribution in [1.29, 1.82) is 0 Å². The molecule has 0 aliphatic carbocycles. The first kappa shape index (κ1) is 16.1.